The van der Waals surface area contributed by atoms with Crippen LogP contribution in [0, 0.1) is 11.8 Å². The summed E-state index contributed by atoms with van der Waals surface area (Å²) in [4.78, 5) is 26.8. The molecular formula is C38H44O15. The lowest BCUT2D eigenvalue weighted by molar-refractivity contribution is -0.364. The van der Waals surface area contributed by atoms with Gasteiger partial charge in [0, 0.05) is 11.8 Å². The Morgan fingerprint density at radius 3 is 2.40 bits per heavy atom. The van der Waals surface area contributed by atoms with Crippen molar-refractivity contribution in [3.8, 4) is 28.7 Å². The van der Waals surface area contributed by atoms with Crippen LogP contribution in [-0.4, -0.2) is 99.7 Å². The van der Waals surface area contributed by atoms with Gasteiger partial charge in [-0.2, -0.15) is 0 Å². The zero-order valence-corrected chi connectivity index (χ0v) is 29.7. The molecule has 2 aromatic rings. The van der Waals surface area contributed by atoms with Gasteiger partial charge in [-0.3, -0.25) is 4.79 Å². The number of fused-ring (bicyclic) bond motifs is 4. The number of aliphatic hydroxyl groups excluding tert-OH is 2. The average molecular weight is 741 g/mol. The zero-order chi connectivity index (χ0) is 36.8. The molecule has 15 heteroatoms. The predicted molar refractivity (Wildman–Crippen MR) is 180 cm³/mol. The summed E-state index contributed by atoms with van der Waals surface area (Å²) < 4.78 is 64.0. The van der Waals surface area contributed by atoms with E-state index in [1.807, 2.05) is 12.2 Å². The minimum Gasteiger partial charge on any atom is -0.493 e. The maximum atomic E-state index is 13.7. The molecule has 0 bridgehead atoms. The monoisotopic (exact) mass is 740 g/mol. The van der Waals surface area contributed by atoms with Crippen molar-refractivity contribution in [2.45, 2.75) is 94.1 Å². The highest BCUT2D eigenvalue weighted by Crippen LogP contribution is 2.57. The van der Waals surface area contributed by atoms with E-state index in [0.717, 1.165) is 25.7 Å². The third kappa shape index (κ3) is 6.78. The van der Waals surface area contributed by atoms with Gasteiger partial charge in [-0.15, -0.1) is 0 Å². The smallest absolute Gasteiger partial charge is 0.493 e. The standard InChI is InChI=1S/C38H44O15/c1-18-45-16-28-35(49-18)31(39)32(40)37(51-28)52-33-22-14-25-24(47-17-48-25)13-21(22)29(30-23(33)15-46-36(30)41)19-11-26(43-2)34(27(12-19)44-3)53-38(42)50-20-9-7-5-4-6-8-10-20/h7,9,11-14,18,20,23,28-33,35,37,39-40H,4-6,8,10,15-17H2,1-3H3/b9-7+/t18-,20-,23+,28-,29-,30+,31-,32-,33?,35-,37?/m1/s1. The number of allylic oxidation sites excluding steroid dienone is 1. The van der Waals surface area contributed by atoms with Gasteiger partial charge in [0.05, 0.1) is 39.5 Å². The van der Waals surface area contributed by atoms with Crippen molar-refractivity contribution in [3.63, 3.8) is 0 Å². The number of hydrogen-bond donors (Lipinski definition) is 2. The van der Waals surface area contributed by atoms with Crippen LogP contribution in [0.1, 0.15) is 67.7 Å². The summed E-state index contributed by atoms with van der Waals surface area (Å²) >= 11 is 0. The third-order valence-corrected chi connectivity index (χ3v) is 10.9. The number of aliphatic hydroxyl groups is 2. The number of ether oxygens (including phenoxy) is 11. The van der Waals surface area contributed by atoms with E-state index in [0.29, 0.717) is 34.6 Å². The van der Waals surface area contributed by atoms with E-state index in [2.05, 4.69) is 0 Å². The highest BCUT2D eigenvalue weighted by molar-refractivity contribution is 5.79. The minimum absolute atomic E-state index is 0.00186. The normalized spacial score (nSPS) is 35.0. The lowest BCUT2D eigenvalue weighted by atomic mass is 9.66. The van der Waals surface area contributed by atoms with Gasteiger partial charge in [0.2, 0.25) is 12.5 Å². The number of esters is 1. The Balaban J connectivity index is 1.14. The summed E-state index contributed by atoms with van der Waals surface area (Å²) in [7, 11) is 2.88. The van der Waals surface area contributed by atoms with E-state index in [4.69, 9.17) is 52.1 Å². The first-order chi connectivity index (χ1) is 25.7. The molecule has 0 aromatic heterocycles. The molecule has 53 heavy (non-hydrogen) atoms. The fourth-order valence-corrected chi connectivity index (χ4v) is 8.28. The minimum atomic E-state index is -1.47. The Hall–Kier alpha value is -4.12. The highest BCUT2D eigenvalue weighted by Gasteiger charge is 2.56. The fourth-order valence-electron chi connectivity index (χ4n) is 8.28. The number of rotatable bonds is 7. The molecule has 6 aliphatic rings. The molecule has 2 aromatic carbocycles. The van der Waals surface area contributed by atoms with E-state index < -0.39 is 79.1 Å². The van der Waals surface area contributed by atoms with Gasteiger partial charge in [0.25, 0.3) is 0 Å². The van der Waals surface area contributed by atoms with Gasteiger partial charge < -0.3 is 62.3 Å². The van der Waals surface area contributed by atoms with Gasteiger partial charge in [0.1, 0.15) is 30.5 Å². The van der Waals surface area contributed by atoms with Crippen LogP contribution in [0.5, 0.6) is 28.7 Å². The number of cyclic esters (lactones) is 1. The van der Waals surface area contributed by atoms with Crippen molar-refractivity contribution in [3.05, 3.63) is 53.1 Å². The van der Waals surface area contributed by atoms with Gasteiger partial charge in [-0.1, -0.05) is 12.5 Å². The summed E-state index contributed by atoms with van der Waals surface area (Å²) in [5, 5.41) is 22.2. The van der Waals surface area contributed by atoms with Crippen molar-refractivity contribution >= 4 is 12.1 Å². The molecular weight excluding hydrogens is 696 g/mol. The molecule has 2 unspecified atom stereocenters. The largest absolute Gasteiger partial charge is 0.514 e. The van der Waals surface area contributed by atoms with Crippen LogP contribution >= 0.6 is 0 Å². The van der Waals surface area contributed by atoms with Crippen LogP contribution < -0.4 is 23.7 Å². The van der Waals surface area contributed by atoms with E-state index in [-0.39, 0.29) is 37.3 Å². The first-order valence-electron chi connectivity index (χ1n) is 18.1. The fraction of sp³-hybridized carbons (Fsp3) is 0.579. The van der Waals surface area contributed by atoms with Crippen molar-refractivity contribution in [2.24, 2.45) is 11.8 Å². The Kier molecular flexibility index (Phi) is 10.1. The van der Waals surface area contributed by atoms with E-state index >= 15 is 0 Å². The molecule has 15 nitrogen and oxygen atoms in total. The summed E-state index contributed by atoms with van der Waals surface area (Å²) in [5.41, 5.74) is 1.91. The lowest BCUT2D eigenvalue weighted by Gasteiger charge is -2.47. The molecule has 2 aliphatic carbocycles. The highest BCUT2D eigenvalue weighted by atomic mass is 16.8. The average Bonchev–Trinajstić information content (AvgIpc) is 3.77. The Morgan fingerprint density at radius 2 is 1.64 bits per heavy atom. The predicted octanol–water partition coefficient (Wildman–Crippen LogP) is 4.04. The van der Waals surface area contributed by atoms with Crippen LogP contribution in [0.15, 0.2) is 36.4 Å². The van der Waals surface area contributed by atoms with Gasteiger partial charge in [0.15, 0.2) is 35.6 Å². The summed E-state index contributed by atoms with van der Waals surface area (Å²) in [5.74, 6) is -1.11. The molecule has 4 aliphatic heterocycles. The Bertz CT molecular complexity index is 1700. The first-order valence-corrected chi connectivity index (χ1v) is 18.1. The van der Waals surface area contributed by atoms with E-state index in [9.17, 15) is 19.8 Å². The van der Waals surface area contributed by atoms with Gasteiger partial charge >= 0.3 is 12.1 Å². The summed E-state index contributed by atoms with van der Waals surface area (Å²) in [6.45, 7) is 1.84. The van der Waals surface area contributed by atoms with Crippen molar-refractivity contribution in [1.82, 2.24) is 0 Å². The van der Waals surface area contributed by atoms with Crippen molar-refractivity contribution in [1.29, 1.82) is 0 Å². The Labute approximate surface area is 305 Å². The van der Waals surface area contributed by atoms with Crippen molar-refractivity contribution < 1.29 is 71.9 Å². The van der Waals surface area contributed by atoms with Crippen molar-refractivity contribution in [2.75, 3.05) is 34.2 Å². The van der Waals surface area contributed by atoms with Gasteiger partial charge in [-0.05, 0) is 79.6 Å². The second kappa shape index (κ2) is 15.0. The molecule has 4 heterocycles. The maximum absolute atomic E-state index is 13.7. The molecule has 0 spiro atoms. The molecule has 8 rings (SSSR count). The molecule has 0 radical (unpaired) electrons. The molecule has 286 valence electrons. The second-order valence-electron chi connectivity index (χ2n) is 14.0. The number of carbonyl (C=O) groups is 2. The number of carbonyl (C=O) groups excluding carboxylic acids is 2. The number of hydrogen-bond acceptors (Lipinski definition) is 15. The van der Waals surface area contributed by atoms with Crippen LogP contribution in [0.3, 0.4) is 0 Å². The SMILES string of the molecule is COc1cc([C@@H]2c3cc4c(cc3C(OC3O[C@@H]5CO[C@@H](C)O[C@H]5[C@H](O)[C@H]3O)[C@H]3COC(=O)[C@H]23)OCO4)cc(OC)c1OC(=O)O[C@@H]1/C=C/CCCCC1. The Morgan fingerprint density at radius 1 is 0.887 bits per heavy atom. The summed E-state index contributed by atoms with van der Waals surface area (Å²) in [6, 6.07) is 6.98. The first kappa shape index (κ1) is 35.9. The molecule has 0 saturated carbocycles. The van der Waals surface area contributed by atoms with Crippen LogP contribution in [-0.2, 0) is 33.2 Å². The zero-order valence-electron chi connectivity index (χ0n) is 29.7. The third-order valence-electron chi connectivity index (χ3n) is 10.9. The van der Waals surface area contributed by atoms with Crippen LogP contribution in [0.2, 0.25) is 0 Å². The molecule has 0 amide bonds. The van der Waals surface area contributed by atoms with Crippen LogP contribution in [0.4, 0.5) is 4.79 Å². The molecule has 2 N–H and O–H groups in total. The number of methoxy groups -OCH3 is 2. The van der Waals surface area contributed by atoms with Crippen LogP contribution in [0.25, 0.3) is 0 Å². The molecule has 11 atom stereocenters. The quantitative estimate of drug-likeness (QED) is 0.236. The maximum Gasteiger partial charge on any atom is 0.514 e. The lowest BCUT2D eigenvalue weighted by Crippen LogP contribution is -2.63. The molecule has 3 fully saturated rings. The van der Waals surface area contributed by atoms with E-state index in [1.54, 1.807) is 31.2 Å². The topological polar surface area (TPSA) is 176 Å². The van der Waals surface area contributed by atoms with E-state index in [1.165, 1.54) is 14.2 Å². The van der Waals surface area contributed by atoms with Gasteiger partial charge in [-0.25, -0.2) is 4.79 Å². The number of benzene rings is 2. The second-order valence-corrected chi connectivity index (χ2v) is 14.0. The molecule has 3 saturated heterocycles. The summed E-state index contributed by atoms with van der Waals surface area (Å²) in [6.07, 6.45) is 0.285.